The summed E-state index contributed by atoms with van der Waals surface area (Å²) in [6.45, 7) is 6.86. The number of benzene rings is 1. The van der Waals surface area contributed by atoms with Crippen molar-refractivity contribution in [2.24, 2.45) is 0 Å². The quantitative estimate of drug-likeness (QED) is 0.938. The fourth-order valence-electron chi connectivity index (χ4n) is 2.90. The maximum atomic E-state index is 12.1. The van der Waals surface area contributed by atoms with Gasteiger partial charge in [-0.1, -0.05) is 12.1 Å². The predicted molar refractivity (Wildman–Crippen MR) is 85.0 cm³/mol. The second kappa shape index (κ2) is 6.32. The minimum Gasteiger partial charge on any atom is -0.494 e. The van der Waals surface area contributed by atoms with Crippen molar-refractivity contribution in [1.82, 2.24) is 14.9 Å². The van der Waals surface area contributed by atoms with Crippen molar-refractivity contribution in [2.75, 3.05) is 13.2 Å². The fraction of sp³-hybridized carbons (Fsp3) is 0.412. The molecule has 22 heavy (non-hydrogen) atoms. The van der Waals surface area contributed by atoms with E-state index in [2.05, 4.69) is 27.0 Å². The highest BCUT2D eigenvalue weighted by molar-refractivity contribution is 5.29. The van der Waals surface area contributed by atoms with Crippen LogP contribution in [0.1, 0.15) is 29.6 Å². The third kappa shape index (κ3) is 3.20. The molecule has 0 saturated heterocycles. The van der Waals surface area contributed by atoms with E-state index < -0.39 is 0 Å². The van der Waals surface area contributed by atoms with Crippen LogP contribution >= 0.6 is 0 Å². The van der Waals surface area contributed by atoms with Gasteiger partial charge in [-0.2, -0.15) is 0 Å². The standard InChI is InChI=1S/C17H21N3O2/c1-3-22-14-6-4-5-13(9-14)10-20-8-7-16-15(11-20)17(21)19-12(2)18-16/h4-6,9H,3,7-8,10-11H2,1-2H3,(H,18,19,21). The van der Waals surface area contributed by atoms with Crippen LogP contribution in [0.3, 0.4) is 0 Å². The molecule has 1 N–H and O–H groups in total. The summed E-state index contributed by atoms with van der Waals surface area (Å²) < 4.78 is 5.54. The summed E-state index contributed by atoms with van der Waals surface area (Å²) in [6.07, 6.45) is 0.825. The molecule has 5 nitrogen and oxygen atoms in total. The molecule has 3 rings (SSSR count). The summed E-state index contributed by atoms with van der Waals surface area (Å²) in [7, 11) is 0. The molecule has 0 atom stereocenters. The first-order valence-corrected chi connectivity index (χ1v) is 7.68. The smallest absolute Gasteiger partial charge is 0.255 e. The Labute approximate surface area is 130 Å². The molecule has 1 aliphatic rings. The Balaban J connectivity index is 1.75. The zero-order valence-corrected chi connectivity index (χ0v) is 13.1. The lowest BCUT2D eigenvalue weighted by molar-refractivity contribution is 0.241. The third-order valence-corrected chi connectivity index (χ3v) is 3.88. The number of hydrogen-bond donors (Lipinski definition) is 1. The first-order valence-electron chi connectivity index (χ1n) is 7.68. The van der Waals surface area contributed by atoms with Crippen molar-refractivity contribution in [1.29, 1.82) is 0 Å². The predicted octanol–water partition coefficient (Wildman–Crippen LogP) is 2.04. The molecule has 1 aromatic heterocycles. The van der Waals surface area contributed by atoms with Crippen molar-refractivity contribution in [3.63, 3.8) is 0 Å². The van der Waals surface area contributed by atoms with Gasteiger partial charge in [-0.25, -0.2) is 4.98 Å². The van der Waals surface area contributed by atoms with Crippen LogP contribution in [-0.4, -0.2) is 28.0 Å². The topological polar surface area (TPSA) is 58.2 Å². The van der Waals surface area contributed by atoms with Gasteiger partial charge in [0, 0.05) is 26.1 Å². The van der Waals surface area contributed by atoms with E-state index in [4.69, 9.17) is 4.74 Å². The normalized spacial score (nSPS) is 14.6. The van der Waals surface area contributed by atoms with Gasteiger partial charge in [0.05, 0.1) is 17.9 Å². The van der Waals surface area contributed by atoms with Gasteiger partial charge in [0.15, 0.2) is 0 Å². The van der Waals surface area contributed by atoms with Crippen molar-refractivity contribution >= 4 is 0 Å². The lowest BCUT2D eigenvalue weighted by Gasteiger charge is -2.27. The molecular weight excluding hydrogens is 278 g/mol. The Hall–Kier alpha value is -2.14. The average molecular weight is 299 g/mol. The molecule has 0 spiro atoms. The van der Waals surface area contributed by atoms with Gasteiger partial charge in [-0.05, 0) is 31.5 Å². The summed E-state index contributed by atoms with van der Waals surface area (Å²) >= 11 is 0. The number of ether oxygens (including phenoxy) is 1. The molecule has 0 saturated carbocycles. The van der Waals surface area contributed by atoms with Crippen LogP contribution in [0.4, 0.5) is 0 Å². The van der Waals surface area contributed by atoms with Crippen LogP contribution in [0, 0.1) is 6.92 Å². The van der Waals surface area contributed by atoms with Gasteiger partial charge < -0.3 is 9.72 Å². The maximum absolute atomic E-state index is 12.1. The molecule has 2 aromatic rings. The van der Waals surface area contributed by atoms with E-state index in [0.717, 1.165) is 36.5 Å². The van der Waals surface area contributed by atoms with Crippen LogP contribution in [0.5, 0.6) is 5.75 Å². The largest absolute Gasteiger partial charge is 0.494 e. The van der Waals surface area contributed by atoms with E-state index in [1.54, 1.807) is 0 Å². The Morgan fingerprint density at radius 1 is 1.41 bits per heavy atom. The number of aromatic nitrogens is 2. The Morgan fingerprint density at radius 3 is 3.09 bits per heavy atom. The second-order valence-electron chi connectivity index (χ2n) is 5.62. The van der Waals surface area contributed by atoms with Crippen LogP contribution in [0.25, 0.3) is 0 Å². The van der Waals surface area contributed by atoms with E-state index in [-0.39, 0.29) is 5.56 Å². The molecule has 0 aliphatic carbocycles. The fourth-order valence-corrected chi connectivity index (χ4v) is 2.90. The van der Waals surface area contributed by atoms with Crippen LogP contribution in [-0.2, 0) is 19.5 Å². The molecule has 0 radical (unpaired) electrons. The minimum atomic E-state index is -0.00438. The minimum absolute atomic E-state index is 0.00438. The number of aromatic amines is 1. The van der Waals surface area contributed by atoms with Gasteiger partial charge in [0.1, 0.15) is 11.6 Å². The third-order valence-electron chi connectivity index (χ3n) is 3.88. The molecule has 5 heteroatoms. The van der Waals surface area contributed by atoms with Gasteiger partial charge in [-0.3, -0.25) is 9.69 Å². The highest BCUT2D eigenvalue weighted by Crippen LogP contribution is 2.19. The summed E-state index contributed by atoms with van der Waals surface area (Å²) in [6, 6.07) is 8.14. The van der Waals surface area contributed by atoms with Gasteiger partial charge in [0.2, 0.25) is 0 Å². The Kier molecular flexibility index (Phi) is 4.24. The molecule has 1 aliphatic heterocycles. The van der Waals surface area contributed by atoms with E-state index in [1.807, 2.05) is 26.0 Å². The maximum Gasteiger partial charge on any atom is 0.255 e. The van der Waals surface area contributed by atoms with E-state index in [1.165, 1.54) is 5.56 Å². The highest BCUT2D eigenvalue weighted by atomic mass is 16.5. The summed E-state index contributed by atoms with van der Waals surface area (Å²) in [4.78, 5) is 21.6. The molecule has 0 bridgehead atoms. The number of H-pyrrole nitrogens is 1. The zero-order valence-electron chi connectivity index (χ0n) is 13.1. The number of aryl methyl sites for hydroxylation is 1. The van der Waals surface area contributed by atoms with Crippen molar-refractivity contribution in [3.8, 4) is 5.75 Å². The monoisotopic (exact) mass is 299 g/mol. The SMILES string of the molecule is CCOc1cccc(CN2CCc3nc(C)[nH]c(=O)c3C2)c1. The van der Waals surface area contributed by atoms with E-state index >= 15 is 0 Å². The first kappa shape index (κ1) is 14.8. The Morgan fingerprint density at radius 2 is 2.27 bits per heavy atom. The number of fused-ring (bicyclic) bond motifs is 1. The van der Waals surface area contributed by atoms with Gasteiger partial charge >= 0.3 is 0 Å². The van der Waals surface area contributed by atoms with E-state index in [9.17, 15) is 4.79 Å². The first-order chi connectivity index (χ1) is 10.7. The lowest BCUT2D eigenvalue weighted by atomic mass is 10.1. The van der Waals surface area contributed by atoms with Crippen LogP contribution in [0.2, 0.25) is 0 Å². The van der Waals surface area contributed by atoms with Crippen LogP contribution in [0.15, 0.2) is 29.1 Å². The molecule has 1 aromatic carbocycles. The average Bonchev–Trinajstić information content (AvgIpc) is 2.48. The molecule has 0 amide bonds. The number of rotatable bonds is 4. The van der Waals surface area contributed by atoms with Gasteiger partial charge in [-0.15, -0.1) is 0 Å². The summed E-state index contributed by atoms with van der Waals surface area (Å²) in [5.74, 6) is 1.59. The van der Waals surface area contributed by atoms with Gasteiger partial charge in [0.25, 0.3) is 5.56 Å². The lowest BCUT2D eigenvalue weighted by Crippen LogP contribution is -2.35. The number of nitrogens with zero attached hydrogens (tertiary/aromatic N) is 2. The Bertz CT molecular complexity index is 724. The van der Waals surface area contributed by atoms with Crippen LogP contribution < -0.4 is 10.3 Å². The highest BCUT2D eigenvalue weighted by Gasteiger charge is 2.20. The molecule has 2 heterocycles. The molecule has 0 unspecified atom stereocenters. The second-order valence-corrected chi connectivity index (χ2v) is 5.62. The molecule has 0 fully saturated rings. The summed E-state index contributed by atoms with van der Waals surface area (Å²) in [5.41, 5.74) is 2.94. The van der Waals surface area contributed by atoms with E-state index in [0.29, 0.717) is 19.0 Å². The molecular formula is C17H21N3O2. The molecule has 116 valence electrons. The zero-order chi connectivity index (χ0) is 15.5. The van der Waals surface area contributed by atoms with Crippen molar-refractivity contribution in [3.05, 3.63) is 57.3 Å². The van der Waals surface area contributed by atoms with Crippen molar-refractivity contribution in [2.45, 2.75) is 33.4 Å². The number of nitrogens with one attached hydrogen (secondary N) is 1. The summed E-state index contributed by atoms with van der Waals surface area (Å²) in [5, 5.41) is 0. The number of hydrogen-bond acceptors (Lipinski definition) is 4. The van der Waals surface area contributed by atoms with Crippen molar-refractivity contribution < 1.29 is 4.74 Å².